The standard InChI is InChI=1S/C13H14F3N5/c1-2-18-12-20-10(13(14,15)16)7-11(21-12)19-8-9-3-5-17-6-4-9/h3-7H,2,8H2,1H3,(H2,18,19,20,21). The van der Waals surface area contributed by atoms with Crippen LogP contribution >= 0.6 is 0 Å². The summed E-state index contributed by atoms with van der Waals surface area (Å²) < 4.78 is 38.4. The number of nitrogens with one attached hydrogen (secondary N) is 2. The summed E-state index contributed by atoms with van der Waals surface area (Å²) in [6, 6.07) is 4.43. The topological polar surface area (TPSA) is 62.7 Å². The van der Waals surface area contributed by atoms with Crippen LogP contribution in [-0.2, 0) is 12.7 Å². The van der Waals surface area contributed by atoms with Gasteiger partial charge in [0.1, 0.15) is 5.82 Å². The number of hydrogen-bond acceptors (Lipinski definition) is 5. The molecule has 0 atom stereocenters. The SMILES string of the molecule is CCNc1nc(NCc2ccncc2)cc(C(F)(F)F)n1. The lowest BCUT2D eigenvalue weighted by atomic mass is 10.2. The Labute approximate surface area is 119 Å². The number of hydrogen-bond donors (Lipinski definition) is 2. The van der Waals surface area contributed by atoms with E-state index in [2.05, 4.69) is 25.6 Å². The Morgan fingerprint density at radius 3 is 2.43 bits per heavy atom. The lowest BCUT2D eigenvalue weighted by Crippen LogP contribution is -2.14. The molecule has 112 valence electrons. The smallest absolute Gasteiger partial charge is 0.366 e. The molecule has 0 spiro atoms. The van der Waals surface area contributed by atoms with Crippen molar-refractivity contribution in [1.82, 2.24) is 15.0 Å². The summed E-state index contributed by atoms with van der Waals surface area (Å²) in [4.78, 5) is 11.3. The highest BCUT2D eigenvalue weighted by atomic mass is 19.4. The predicted octanol–water partition coefficient (Wildman–Crippen LogP) is 2.93. The zero-order valence-electron chi connectivity index (χ0n) is 11.3. The van der Waals surface area contributed by atoms with Crippen molar-refractivity contribution in [3.05, 3.63) is 41.9 Å². The highest BCUT2D eigenvalue weighted by Crippen LogP contribution is 2.29. The van der Waals surface area contributed by atoms with Crippen LogP contribution in [-0.4, -0.2) is 21.5 Å². The number of aromatic nitrogens is 3. The van der Waals surface area contributed by atoms with Gasteiger partial charge in [-0.1, -0.05) is 0 Å². The fourth-order valence-corrected chi connectivity index (χ4v) is 1.61. The van der Waals surface area contributed by atoms with E-state index in [9.17, 15) is 13.2 Å². The van der Waals surface area contributed by atoms with Crippen molar-refractivity contribution in [1.29, 1.82) is 0 Å². The molecule has 0 fully saturated rings. The summed E-state index contributed by atoms with van der Waals surface area (Å²) in [6.45, 7) is 2.54. The summed E-state index contributed by atoms with van der Waals surface area (Å²) in [7, 11) is 0. The first-order valence-corrected chi connectivity index (χ1v) is 6.32. The molecule has 5 nitrogen and oxygen atoms in total. The maximum absolute atomic E-state index is 12.8. The molecule has 0 aliphatic heterocycles. The van der Waals surface area contributed by atoms with Crippen LogP contribution in [0.15, 0.2) is 30.6 Å². The third-order valence-corrected chi connectivity index (χ3v) is 2.57. The summed E-state index contributed by atoms with van der Waals surface area (Å²) in [6.07, 6.45) is -1.29. The third kappa shape index (κ3) is 4.30. The van der Waals surface area contributed by atoms with E-state index in [-0.39, 0.29) is 11.8 Å². The molecule has 0 aliphatic carbocycles. The highest BCUT2D eigenvalue weighted by Gasteiger charge is 2.33. The van der Waals surface area contributed by atoms with E-state index < -0.39 is 11.9 Å². The van der Waals surface area contributed by atoms with Gasteiger partial charge in [0.25, 0.3) is 0 Å². The maximum Gasteiger partial charge on any atom is 0.433 e. The number of anilines is 2. The van der Waals surface area contributed by atoms with Gasteiger partial charge in [-0.15, -0.1) is 0 Å². The van der Waals surface area contributed by atoms with Crippen LogP contribution in [0.25, 0.3) is 0 Å². The van der Waals surface area contributed by atoms with Crippen molar-refractivity contribution >= 4 is 11.8 Å². The Morgan fingerprint density at radius 1 is 1.10 bits per heavy atom. The van der Waals surface area contributed by atoms with E-state index in [0.29, 0.717) is 13.1 Å². The van der Waals surface area contributed by atoms with E-state index in [1.165, 1.54) is 0 Å². The van der Waals surface area contributed by atoms with Crippen molar-refractivity contribution < 1.29 is 13.2 Å². The number of alkyl halides is 3. The Kier molecular flexibility index (Phi) is 4.56. The Morgan fingerprint density at radius 2 is 1.81 bits per heavy atom. The molecule has 0 bridgehead atoms. The Hall–Kier alpha value is -2.38. The third-order valence-electron chi connectivity index (χ3n) is 2.57. The number of pyridine rings is 1. The molecule has 21 heavy (non-hydrogen) atoms. The van der Waals surface area contributed by atoms with E-state index in [1.807, 2.05) is 0 Å². The molecule has 2 N–H and O–H groups in total. The number of halogens is 3. The Bertz CT molecular complexity index is 586. The summed E-state index contributed by atoms with van der Waals surface area (Å²) in [5.74, 6) is 0.0645. The highest BCUT2D eigenvalue weighted by molar-refractivity contribution is 5.43. The quantitative estimate of drug-likeness (QED) is 0.888. The predicted molar refractivity (Wildman–Crippen MR) is 72.8 cm³/mol. The Balaban J connectivity index is 2.19. The second-order valence-corrected chi connectivity index (χ2v) is 4.20. The first-order chi connectivity index (χ1) is 9.99. The molecule has 0 saturated carbocycles. The minimum absolute atomic E-state index is 0.0513. The van der Waals surface area contributed by atoms with E-state index in [0.717, 1.165) is 11.6 Å². The lowest BCUT2D eigenvalue weighted by molar-refractivity contribution is -0.141. The van der Waals surface area contributed by atoms with Gasteiger partial charge in [-0.2, -0.15) is 18.2 Å². The van der Waals surface area contributed by atoms with Gasteiger partial charge in [0.15, 0.2) is 5.69 Å². The van der Waals surface area contributed by atoms with Crippen LogP contribution < -0.4 is 10.6 Å². The molecule has 8 heteroatoms. The van der Waals surface area contributed by atoms with Crippen molar-refractivity contribution in [3.8, 4) is 0 Å². The van der Waals surface area contributed by atoms with Gasteiger partial charge in [0.05, 0.1) is 0 Å². The molecule has 0 aliphatic rings. The molecule has 2 aromatic heterocycles. The molecular weight excluding hydrogens is 283 g/mol. The maximum atomic E-state index is 12.8. The van der Waals surface area contributed by atoms with Crippen molar-refractivity contribution in [2.45, 2.75) is 19.6 Å². The van der Waals surface area contributed by atoms with Crippen LogP contribution in [0.5, 0.6) is 0 Å². The van der Waals surface area contributed by atoms with Gasteiger partial charge in [-0.25, -0.2) is 4.98 Å². The van der Waals surface area contributed by atoms with Crippen molar-refractivity contribution in [2.24, 2.45) is 0 Å². The zero-order chi connectivity index (χ0) is 15.3. The second-order valence-electron chi connectivity index (χ2n) is 4.20. The van der Waals surface area contributed by atoms with Crippen LogP contribution in [0.2, 0.25) is 0 Å². The fourth-order valence-electron chi connectivity index (χ4n) is 1.61. The molecular formula is C13H14F3N5. The van der Waals surface area contributed by atoms with Gasteiger partial charge in [0, 0.05) is 31.5 Å². The zero-order valence-corrected chi connectivity index (χ0v) is 11.3. The minimum atomic E-state index is -4.51. The molecule has 0 unspecified atom stereocenters. The van der Waals surface area contributed by atoms with Gasteiger partial charge in [-0.05, 0) is 24.6 Å². The fraction of sp³-hybridized carbons (Fsp3) is 0.308. The van der Waals surface area contributed by atoms with Crippen LogP contribution in [0.1, 0.15) is 18.2 Å². The van der Waals surface area contributed by atoms with Crippen molar-refractivity contribution in [3.63, 3.8) is 0 Å². The lowest BCUT2D eigenvalue weighted by Gasteiger charge is -2.12. The van der Waals surface area contributed by atoms with Crippen LogP contribution in [0.4, 0.5) is 24.9 Å². The number of nitrogens with zero attached hydrogens (tertiary/aromatic N) is 3. The monoisotopic (exact) mass is 297 g/mol. The first kappa shape index (κ1) is 15.0. The molecule has 0 radical (unpaired) electrons. The van der Waals surface area contributed by atoms with Gasteiger partial charge in [-0.3, -0.25) is 4.98 Å². The van der Waals surface area contributed by atoms with Gasteiger partial charge < -0.3 is 10.6 Å². The molecule has 0 amide bonds. The normalized spacial score (nSPS) is 11.2. The minimum Gasteiger partial charge on any atom is -0.366 e. The van der Waals surface area contributed by atoms with Crippen LogP contribution in [0.3, 0.4) is 0 Å². The van der Waals surface area contributed by atoms with E-state index in [4.69, 9.17) is 0 Å². The molecule has 2 rings (SSSR count). The van der Waals surface area contributed by atoms with Gasteiger partial charge >= 0.3 is 6.18 Å². The van der Waals surface area contributed by atoms with Crippen molar-refractivity contribution in [2.75, 3.05) is 17.2 Å². The second kappa shape index (κ2) is 6.38. The summed E-state index contributed by atoms with van der Waals surface area (Å²) in [5.41, 5.74) is -0.0900. The largest absolute Gasteiger partial charge is 0.433 e. The molecule has 2 aromatic rings. The average molecular weight is 297 g/mol. The van der Waals surface area contributed by atoms with Crippen LogP contribution in [0, 0.1) is 0 Å². The average Bonchev–Trinajstić information content (AvgIpc) is 2.45. The summed E-state index contributed by atoms with van der Waals surface area (Å²) >= 11 is 0. The van der Waals surface area contributed by atoms with Gasteiger partial charge in [0.2, 0.25) is 5.95 Å². The molecule has 2 heterocycles. The molecule has 0 saturated heterocycles. The van der Waals surface area contributed by atoms with E-state index >= 15 is 0 Å². The number of rotatable bonds is 5. The first-order valence-electron chi connectivity index (χ1n) is 6.32. The summed E-state index contributed by atoms with van der Waals surface area (Å²) in [5, 5.41) is 5.54. The molecule has 0 aromatic carbocycles. The van der Waals surface area contributed by atoms with E-state index in [1.54, 1.807) is 31.5 Å².